The van der Waals surface area contributed by atoms with Crippen molar-refractivity contribution in [2.45, 2.75) is 13.0 Å². The highest BCUT2D eigenvalue weighted by molar-refractivity contribution is 5.85. The zero-order valence-corrected chi connectivity index (χ0v) is 16.5. The summed E-state index contributed by atoms with van der Waals surface area (Å²) in [5, 5.41) is 7.70. The lowest BCUT2D eigenvalue weighted by Gasteiger charge is -2.17. The van der Waals surface area contributed by atoms with Gasteiger partial charge in [-0.15, -0.1) is 0 Å². The lowest BCUT2D eigenvalue weighted by atomic mass is 10.1. The van der Waals surface area contributed by atoms with Crippen LogP contribution in [0, 0.1) is 5.82 Å². The molecule has 2 aromatic carbocycles. The van der Waals surface area contributed by atoms with E-state index in [0.717, 1.165) is 22.3 Å². The van der Waals surface area contributed by atoms with Gasteiger partial charge in [0.1, 0.15) is 11.6 Å². The summed E-state index contributed by atoms with van der Waals surface area (Å²) in [6.07, 6.45) is 0.594. The van der Waals surface area contributed by atoms with Gasteiger partial charge in [0.25, 0.3) is 0 Å². The Morgan fingerprint density at radius 2 is 1.79 bits per heavy atom. The molecule has 0 radical (unpaired) electrons. The van der Waals surface area contributed by atoms with Crippen LogP contribution >= 0.6 is 0 Å². The SMILES string of the molecule is CN=C(NCCc1ccccc1F)NCc1cc(N(C)C)nc2ccccc12. The summed E-state index contributed by atoms with van der Waals surface area (Å²) in [6, 6.07) is 17.0. The third-order valence-corrected chi connectivity index (χ3v) is 4.56. The van der Waals surface area contributed by atoms with E-state index in [-0.39, 0.29) is 5.82 Å². The largest absolute Gasteiger partial charge is 0.363 e. The molecule has 28 heavy (non-hydrogen) atoms. The second-order valence-electron chi connectivity index (χ2n) is 6.75. The summed E-state index contributed by atoms with van der Waals surface area (Å²) < 4.78 is 13.7. The van der Waals surface area contributed by atoms with Gasteiger partial charge in [-0.05, 0) is 35.7 Å². The van der Waals surface area contributed by atoms with Gasteiger partial charge in [-0.2, -0.15) is 0 Å². The molecule has 0 saturated heterocycles. The second-order valence-corrected chi connectivity index (χ2v) is 6.75. The van der Waals surface area contributed by atoms with E-state index in [1.807, 2.05) is 43.3 Å². The van der Waals surface area contributed by atoms with Crippen LogP contribution in [0.15, 0.2) is 59.6 Å². The molecule has 0 aliphatic carbocycles. The van der Waals surface area contributed by atoms with Crippen LogP contribution in [0.3, 0.4) is 0 Å². The Labute approximate surface area is 165 Å². The lowest BCUT2D eigenvalue weighted by Crippen LogP contribution is -2.38. The Morgan fingerprint density at radius 1 is 1.04 bits per heavy atom. The number of hydrogen-bond acceptors (Lipinski definition) is 3. The van der Waals surface area contributed by atoms with Crippen LogP contribution in [-0.2, 0) is 13.0 Å². The van der Waals surface area contributed by atoms with Crippen LogP contribution in [0.2, 0.25) is 0 Å². The first-order valence-electron chi connectivity index (χ1n) is 9.32. The molecule has 0 unspecified atom stereocenters. The van der Waals surface area contributed by atoms with E-state index < -0.39 is 0 Å². The highest BCUT2D eigenvalue weighted by Gasteiger charge is 2.08. The molecule has 0 spiro atoms. The van der Waals surface area contributed by atoms with Gasteiger partial charge in [-0.1, -0.05) is 36.4 Å². The molecule has 1 aromatic heterocycles. The zero-order chi connectivity index (χ0) is 19.9. The highest BCUT2D eigenvalue weighted by atomic mass is 19.1. The number of guanidine groups is 1. The summed E-state index contributed by atoms with van der Waals surface area (Å²) in [5.74, 6) is 1.42. The van der Waals surface area contributed by atoms with E-state index in [2.05, 4.69) is 27.8 Å². The van der Waals surface area contributed by atoms with Crippen LogP contribution in [0.25, 0.3) is 10.9 Å². The molecule has 6 heteroatoms. The molecule has 0 amide bonds. The van der Waals surface area contributed by atoms with Crippen LogP contribution in [-0.4, -0.2) is 38.6 Å². The minimum absolute atomic E-state index is 0.174. The fourth-order valence-electron chi connectivity index (χ4n) is 3.02. The van der Waals surface area contributed by atoms with E-state index in [9.17, 15) is 4.39 Å². The van der Waals surface area contributed by atoms with Gasteiger partial charge < -0.3 is 15.5 Å². The van der Waals surface area contributed by atoms with Crippen LogP contribution < -0.4 is 15.5 Å². The van der Waals surface area contributed by atoms with Gasteiger partial charge in [-0.25, -0.2) is 9.37 Å². The molecule has 0 aliphatic heterocycles. The molecule has 5 nitrogen and oxygen atoms in total. The Hall–Kier alpha value is -3.15. The first kappa shape index (κ1) is 19.6. The van der Waals surface area contributed by atoms with Gasteiger partial charge >= 0.3 is 0 Å². The van der Waals surface area contributed by atoms with Crippen LogP contribution in [0.1, 0.15) is 11.1 Å². The number of benzene rings is 2. The van der Waals surface area contributed by atoms with Crippen molar-refractivity contribution in [3.8, 4) is 0 Å². The fraction of sp³-hybridized carbons (Fsp3) is 0.273. The quantitative estimate of drug-likeness (QED) is 0.509. The number of hydrogen-bond donors (Lipinski definition) is 2. The number of aliphatic imine (C=N–C) groups is 1. The van der Waals surface area contributed by atoms with E-state index in [0.29, 0.717) is 31.0 Å². The van der Waals surface area contributed by atoms with Crippen molar-refractivity contribution in [1.29, 1.82) is 0 Å². The smallest absolute Gasteiger partial charge is 0.191 e. The lowest BCUT2D eigenvalue weighted by molar-refractivity contribution is 0.606. The van der Waals surface area contributed by atoms with Crippen LogP contribution in [0.5, 0.6) is 0 Å². The van der Waals surface area contributed by atoms with Crippen LogP contribution in [0.4, 0.5) is 10.2 Å². The summed E-state index contributed by atoms with van der Waals surface area (Å²) in [5.41, 5.74) is 2.81. The number of para-hydroxylation sites is 1. The Morgan fingerprint density at radius 3 is 2.54 bits per heavy atom. The summed E-state index contributed by atoms with van der Waals surface area (Å²) >= 11 is 0. The van der Waals surface area contributed by atoms with Gasteiger partial charge in [0.05, 0.1) is 5.52 Å². The maximum Gasteiger partial charge on any atom is 0.191 e. The maximum atomic E-state index is 13.7. The number of nitrogens with zero attached hydrogens (tertiary/aromatic N) is 3. The molecule has 3 aromatic rings. The Balaban J connectivity index is 1.66. The average molecular weight is 379 g/mol. The normalized spacial score (nSPS) is 11.5. The summed E-state index contributed by atoms with van der Waals surface area (Å²) in [4.78, 5) is 11.0. The highest BCUT2D eigenvalue weighted by Crippen LogP contribution is 2.21. The van der Waals surface area contributed by atoms with E-state index in [1.54, 1.807) is 19.2 Å². The van der Waals surface area contributed by atoms with Crippen molar-refractivity contribution in [3.05, 3.63) is 71.5 Å². The van der Waals surface area contributed by atoms with Crippen molar-refractivity contribution >= 4 is 22.7 Å². The topological polar surface area (TPSA) is 52.6 Å². The molecule has 0 fully saturated rings. The number of anilines is 1. The number of nitrogens with one attached hydrogen (secondary N) is 2. The van der Waals surface area contributed by atoms with Crippen molar-refractivity contribution in [3.63, 3.8) is 0 Å². The number of pyridine rings is 1. The minimum atomic E-state index is -0.174. The number of halogens is 1. The number of fused-ring (bicyclic) bond motifs is 1. The fourth-order valence-corrected chi connectivity index (χ4v) is 3.02. The van der Waals surface area contributed by atoms with Gasteiger partial charge in [-0.3, -0.25) is 4.99 Å². The zero-order valence-electron chi connectivity index (χ0n) is 16.5. The second kappa shape index (κ2) is 9.17. The van der Waals surface area contributed by atoms with E-state index in [1.165, 1.54) is 6.07 Å². The molecule has 0 bridgehead atoms. The standard InChI is InChI=1S/C22H26FN5/c1-24-22(25-13-12-16-8-4-6-10-19(16)23)26-15-17-14-21(28(2)3)27-20-11-7-5-9-18(17)20/h4-11,14H,12-13,15H2,1-3H3,(H2,24,25,26). The molecule has 0 atom stereocenters. The maximum absolute atomic E-state index is 13.7. The van der Waals surface area contributed by atoms with E-state index in [4.69, 9.17) is 4.98 Å². The molecule has 0 aliphatic rings. The third-order valence-electron chi connectivity index (χ3n) is 4.56. The van der Waals surface area contributed by atoms with Crippen molar-refractivity contribution < 1.29 is 4.39 Å². The number of rotatable bonds is 6. The third kappa shape index (κ3) is 4.76. The number of aromatic nitrogens is 1. The molecular weight excluding hydrogens is 353 g/mol. The van der Waals surface area contributed by atoms with Gasteiger partial charge in [0.2, 0.25) is 0 Å². The first-order chi connectivity index (χ1) is 13.6. The summed E-state index contributed by atoms with van der Waals surface area (Å²) in [7, 11) is 5.70. The molecule has 3 rings (SSSR count). The summed E-state index contributed by atoms with van der Waals surface area (Å²) in [6.45, 7) is 1.21. The molecule has 1 heterocycles. The minimum Gasteiger partial charge on any atom is -0.363 e. The Kier molecular flexibility index (Phi) is 6.42. The molecule has 2 N–H and O–H groups in total. The average Bonchev–Trinajstić information content (AvgIpc) is 2.71. The first-order valence-corrected chi connectivity index (χ1v) is 9.32. The molecular formula is C22H26FN5. The molecule has 146 valence electrons. The predicted molar refractivity (Wildman–Crippen MR) is 114 cm³/mol. The van der Waals surface area contributed by atoms with Crippen molar-refractivity contribution in [1.82, 2.24) is 15.6 Å². The van der Waals surface area contributed by atoms with E-state index >= 15 is 0 Å². The monoisotopic (exact) mass is 379 g/mol. The van der Waals surface area contributed by atoms with Crippen molar-refractivity contribution in [2.24, 2.45) is 4.99 Å². The molecule has 0 saturated carbocycles. The van der Waals surface area contributed by atoms with Gasteiger partial charge in [0.15, 0.2) is 5.96 Å². The van der Waals surface area contributed by atoms with Gasteiger partial charge in [0, 0.05) is 39.6 Å². The predicted octanol–water partition coefficient (Wildman–Crippen LogP) is 3.35. The Bertz CT molecular complexity index is 968. The van der Waals surface area contributed by atoms with Crippen molar-refractivity contribution in [2.75, 3.05) is 32.6 Å².